The van der Waals surface area contributed by atoms with Gasteiger partial charge in [-0.2, -0.15) is 0 Å². The van der Waals surface area contributed by atoms with E-state index >= 15 is 0 Å². The van der Waals surface area contributed by atoms with E-state index < -0.39 is 0 Å². The third-order valence-corrected chi connectivity index (χ3v) is 4.42. The normalized spacial score (nSPS) is 20.3. The highest BCUT2D eigenvalue weighted by Gasteiger charge is 2.49. The fraction of sp³-hybridized carbons (Fsp3) is 0.533. The van der Waals surface area contributed by atoms with E-state index in [4.69, 9.17) is 4.74 Å². The van der Waals surface area contributed by atoms with Crippen LogP contribution in [0.2, 0.25) is 0 Å². The maximum absolute atomic E-state index is 12.6. The van der Waals surface area contributed by atoms with Crippen molar-refractivity contribution < 1.29 is 9.53 Å². The molecule has 1 amide bonds. The number of carbonyl (C=O) groups excluding carboxylic acids is 1. The topological polar surface area (TPSA) is 41.6 Å². The van der Waals surface area contributed by atoms with Gasteiger partial charge in [0.05, 0.1) is 12.8 Å². The molecule has 0 saturated heterocycles. The van der Waals surface area contributed by atoms with Gasteiger partial charge in [0.2, 0.25) is 5.91 Å². The highest BCUT2D eigenvalue weighted by molar-refractivity contribution is 6.08. The fourth-order valence-corrected chi connectivity index (χ4v) is 3.56. The second-order valence-electron chi connectivity index (χ2n) is 5.29. The minimum Gasteiger partial charge on any atom is -0.495 e. The summed E-state index contributed by atoms with van der Waals surface area (Å²) in [5.74, 6) is 0.984. The summed E-state index contributed by atoms with van der Waals surface area (Å²) in [7, 11) is 1.68. The number of carbonyl (C=O) groups is 1. The molecule has 1 aliphatic carbocycles. The van der Waals surface area contributed by atoms with Crippen LogP contribution in [0.4, 0.5) is 11.4 Å². The van der Waals surface area contributed by atoms with Gasteiger partial charge < -0.3 is 15.0 Å². The second kappa shape index (κ2) is 4.44. The van der Waals surface area contributed by atoms with Crippen molar-refractivity contribution >= 4 is 17.3 Å². The van der Waals surface area contributed by atoms with E-state index in [-0.39, 0.29) is 11.4 Å². The van der Waals surface area contributed by atoms with Gasteiger partial charge in [-0.15, -0.1) is 0 Å². The van der Waals surface area contributed by atoms with E-state index in [1.54, 1.807) is 7.11 Å². The van der Waals surface area contributed by atoms with Crippen LogP contribution >= 0.6 is 0 Å². The Labute approximate surface area is 113 Å². The number of nitrogens with one attached hydrogen (secondary N) is 1. The van der Waals surface area contributed by atoms with Gasteiger partial charge in [-0.3, -0.25) is 4.79 Å². The molecule has 0 atom stereocenters. The smallest absolute Gasteiger partial charge is 0.250 e. The zero-order valence-corrected chi connectivity index (χ0v) is 11.5. The molecule has 1 N–H and O–H groups in total. The lowest BCUT2D eigenvalue weighted by molar-refractivity contribution is -0.121. The van der Waals surface area contributed by atoms with Gasteiger partial charge in [-0.25, -0.2) is 0 Å². The highest BCUT2D eigenvalue weighted by Crippen LogP contribution is 2.48. The maximum atomic E-state index is 12.6. The summed E-state index contributed by atoms with van der Waals surface area (Å²) < 4.78 is 5.49. The Hall–Kier alpha value is -1.71. The molecular weight excluding hydrogens is 240 g/mol. The van der Waals surface area contributed by atoms with E-state index in [0.29, 0.717) is 0 Å². The summed E-state index contributed by atoms with van der Waals surface area (Å²) in [4.78, 5) is 14.8. The first-order valence-electron chi connectivity index (χ1n) is 6.99. The Morgan fingerprint density at radius 3 is 2.74 bits per heavy atom. The van der Waals surface area contributed by atoms with Gasteiger partial charge in [0.1, 0.15) is 17.0 Å². The zero-order valence-electron chi connectivity index (χ0n) is 11.5. The van der Waals surface area contributed by atoms with Crippen LogP contribution < -0.4 is 15.0 Å². The van der Waals surface area contributed by atoms with Gasteiger partial charge in [0.25, 0.3) is 0 Å². The molecule has 1 heterocycles. The molecule has 0 bridgehead atoms. The van der Waals surface area contributed by atoms with Crippen LogP contribution in [0.3, 0.4) is 0 Å². The standard InChI is InChI=1S/C15H20N2O2/c1-3-17-13-11(7-6-8-12(13)19-2)16-14(18)15(17)9-4-5-10-15/h6-8H,3-5,9-10H2,1-2H3,(H,16,18). The number of nitrogens with zero attached hydrogens (tertiary/aromatic N) is 1. The number of hydrogen-bond donors (Lipinski definition) is 1. The number of fused-ring (bicyclic) bond motifs is 1. The molecule has 3 rings (SSSR count). The number of anilines is 2. The third kappa shape index (κ3) is 1.62. The molecule has 1 aromatic carbocycles. The number of ether oxygens (including phenoxy) is 1. The first-order chi connectivity index (χ1) is 9.23. The van der Waals surface area contributed by atoms with Crippen molar-refractivity contribution in [2.45, 2.75) is 38.1 Å². The van der Waals surface area contributed by atoms with Crippen LogP contribution in [0, 0.1) is 0 Å². The van der Waals surface area contributed by atoms with E-state index in [0.717, 1.165) is 49.4 Å². The molecule has 4 heteroatoms. The molecular formula is C15H20N2O2. The summed E-state index contributed by atoms with van der Waals surface area (Å²) in [6.07, 6.45) is 4.11. The predicted octanol–water partition coefficient (Wildman–Crippen LogP) is 2.79. The molecule has 1 aliphatic heterocycles. The SMILES string of the molecule is CCN1c2c(cccc2OC)NC(=O)C12CCCC2. The lowest BCUT2D eigenvalue weighted by atomic mass is 9.90. The van der Waals surface area contributed by atoms with E-state index in [9.17, 15) is 4.79 Å². The Bertz CT molecular complexity index is 507. The first-order valence-corrected chi connectivity index (χ1v) is 6.99. The molecule has 102 valence electrons. The van der Waals surface area contributed by atoms with Crippen LogP contribution in [0.15, 0.2) is 18.2 Å². The number of rotatable bonds is 2. The van der Waals surface area contributed by atoms with Gasteiger partial charge in [-0.05, 0) is 31.9 Å². The van der Waals surface area contributed by atoms with Gasteiger partial charge >= 0.3 is 0 Å². The zero-order chi connectivity index (χ0) is 13.5. The van der Waals surface area contributed by atoms with E-state index in [1.165, 1.54) is 0 Å². The van der Waals surface area contributed by atoms with Crippen LogP contribution in [0.5, 0.6) is 5.75 Å². The van der Waals surface area contributed by atoms with Gasteiger partial charge in [0, 0.05) is 6.54 Å². The largest absolute Gasteiger partial charge is 0.495 e. The van der Waals surface area contributed by atoms with E-state index in [2.05, 4.69) is 17.1 Å². The molecule has 1 spiro atoms. The number of methoxy groups -OCH3 is 1. The van der Waals surface area contributed by atoms with Crippen molar-refractivity contribution in [2.75, 3.05) is 23.9 Å². The molecule has 4 nitrogen and oxygen atoms in total. The van der Waals surface area contributed by atoms with Crippen LogP contribution in [0.25, 0.3) is 0 Å². The van der Waals surface area contributed by atoms with Gasteiger partial charge in [0.15, 0.2) is 0 Å². The predicted molar refractivity (Wildman–Crippen MR) is 75.8 cm³/mol. The van der Waals surface area contributed by atoms with Crippen LogP contribution in [-0.2, 0) is 4.79 Å². The Morgan fingerprint density at radius 1 is 1.37 bits per heavy atom. The summed E-state index contributed by atoms with van der Waals surface area (Å²) in [6, 6.07) is 5.82. The summed E-state index contributed by atoms with van der Waals surface area (Å²) in [5.41, 5.74) is 1.54. The lowest BCUT2D eigenvalue weighted by Crippen LogP contribution is -2.58. The molecule has 1 fully saturated rings. The molecule has 1 aromatic rings. The van der Waals surface area contributed by atoms with Crippen molar-refractivity contribution in [3.8, 4) is 5.75 Å². The number of para-hydroxylation sites is 1. The van der Waals surface area contributed by atoms with Crippen LogP contribution in [-0.4, -0.2) is 25.1 Å². The minimum atomic E-state index is -0.365. The molecule has 0 unspecified atom stereocenters. The minimum absolute atomic E-state index is 0.146. The fourth-order valence-electron chi connectivity index (χ4n) is 3.56. The number of benzene rings is 1. The van der Waals surface area contributed by atoms with Crippen molar-refractivity contribution in [2.24, 2.45) is 0 Å². The second-order valence-corrected chi connectivity index (χ2v) is 5.29. The average molecular weight is 260 g/mol. The molecule has 2 aliphatic rings. The van der Waals surface area contributed by atoms with Crippen molar-refractivity contribution in [1.82, 2.24) is 0 Å². The molecule has 19 heavy (non-hydrogen) atoms. The number of amides is 1. The Morgan fingerprint density at radius 2 is 2.11 bits per heavy atom. The maximum Gasteiger partial charge on any atom is 0.250 e. The quantitative estimate of drug-likeness (QED) is 0.889. The van der Waals surface area contributed by atoms with Gasteiger partial charge in [-0.1, -0.05) is 18.9 Å². The molecule has 1 saturated carbocycles. The number of likely N-dealkylation sites (N-methyl/N-ethyl adjacent to an activating group) is 1. The Balaban J connectivity index is 2.16. The van der Waals surface area contributed by atoms with Crippen molar-refractivity contribution in [1.29, 1.82) is 0 Å². The van der Waals surface area contributed by atoms with Crippen molar-refractivity contribution in [3.63, 3.8) is 0 Å². The monoisotopic (exact) mass is 260 g/mol. The van der Waals surface area contributed by atoms with Crippen molar-refractivity contribution in [3.05, 3.63) is 18.2 Å². The first kappa shape index (κ1) is 12.3. The average Bonchev–Trinajstić information content (AvgIpc) is 2.90. The third-order valence-electron chi connectivity index (χ3n) is 4.42. The Kier molecular flexibility index (Phi) is 2.88. The highest BCUT2D eigenvalue weighted by atomic mass is 16.5. The molecule has 0 aromatic heterocycles. The number of hydrogen-bond acceptors (Lipinski definition) is 3. The van der Waals surface area contributed by atoms with E-state index in [1.807, 2.05) is 18.2 Å². The summed E-state index contributed by atoms with van der Waals surface area (Å²) in [5, 5.41) is 3.07. The molecule has 0 radical (unpaired) electrons. The summed E-state index contributed by atoms with van der Waals surface area (Å²) in [6.45, 7) is 2.93. The lowest BCUT2D eigenvalue weighted by Gasteiger charge is -2.45. The summed E-state index contributed by atoms with van der Waals surface area (Å²) >= 11 is 0. The van der Waals surface area contributed by atoms with Crippen LogP contribution in [0.1, 0.15) is 32.6 Å².